The van der Waals surface area contributed by atoms with E-state index in [-0.39, 0.29) is 12.1 Å². The van der Waals surface area contributed by atoms with Crippen molar-refractivity contribution in [2.24, 2.45) is 5.92 Å². The van der Waals surface area contributed by atoms with Crippen LogP contribution < -0.4 is 0 Å². The van der Waals surface area contributed by atoms with Gasteiger partial charge >= 0.3 is 6.09 Å². The second-order valence-corrected chi connectivity index (χ2v) is 6.55. The van der Waals surface area contributed by atoms with Crippen molar-refractivity contribution < 1.29 is 9.53 Å². The van der Waals surface area contributed by atoms with Gasteiger partial charge in [0.2, 0.25) is 0 Å². The second-order valence-electron chi connectivity index (χ2n) is 6.55. The van der Waals surface area contributed by atoms with Gasteiger partial charge in [-0.15, -0.1) is 0 Å². The quantitative estimate of drug-likeness (QED) is 0.825. The van der Waals surface area contributed by atoms with Gasteiger partial charge in [0, 0.05) is 18.4 Å². The molecule has 122 valence electrons. The van der Waals surface area contributed by atoms with Crippen molar-refractivity contribution in [2.75, 3.05) is 13.7 Å². The lowest BCUT2D eigenvalue weighted by molar-refractivity contribution is 0.0798. The van der Waals surface area contributed by atoms with E-state index in [1.807, 2.05) is 17.0 Å². The number of fused-ring (bicyclic) bond motifs is 2. The largest absolute Gasteiger partial charge is 0.453 e. The van der Waals surface area contributed by atoms with Gasteiger partial charge in [-0.3, -0.25) is 0 Å². The van der Waals surface area contributed by atoms with Gasteiger partial charge in [-0.2, -0.15) is 0 Å². The van der Waals surface area contributed by atoms with Crippen LogP contribution in [0.3, 0.4) is 0 Å². The van der Waals surface area contributed by atoms with E-state index in [2.05, 4.69) is 54.6 Å². The van der Waals surface area contributed by atoms with Gasteiger partial charge in [0.1, 0.15) is 0 Å². The van der Waals surface area contributed by atoms with Crippen molar-refractivity contribution in [1.29, 1.82) is 0 Å². The third-order valence-electron chi connectivity index (χ3n) is 5.26. The van der Waals surface area contributed by atoms with E-state index < -0.39 is 0 Å². The fraction of sp³-hybridized carbons (Fsp3) is 0.286. The number of rotatable bonds is 2. The van der Waals surface area contributed by atoms with Gasteiger partial charge in [0.05, 0.1) is 13.2 Å². The Hall–Kier alpha value is -2.55. The highest BCUT2D eigenvalue weighted by molar-refractivity contribution is 5.76. The van der Waals surface area contributed by atoms with Crippen molar-refractivity contribution in [1.82, 2.24) is 4.90 Å². The molecule has 1 amide bonds. The van der Waals surface area contributed by atoms with Gasteiger partial charge in [0.15, 0.2) is 0 Å². The molecule has 1 fully saturated rings. The van der Waals surface area contributed by atoms with Crippen LogP contribution in [0.2, 0.25) is 0 Å². The number of piperidine rings is 1. The molecule has 1 aliphatic carbocycles. The third kappa shape index (κ3) is 2.50. The summed E-state index contributed by atoms with van der Waals surface area (Å²) < 4.78 is 5.03. The molecule has 2 aromatic rings. The molecule has 3 heteroatoms. The molecular formula is C21H21NO2. The van der Waals surface area contributed by atoms with Crippen LogP contribution >= 0.6 is 0 Å². The maximum absolute atomic E-state index is 12.3. The number of carbonyl (C=O) groups excluding carboxylic acids is 1. The van der Waals surface area contributed by atoms with Crippen LogP contribution in [0.15, 0.2) is 66.7 Å². The maximum atomic E-state index is 12.3. The Labute approximate surface area is 142 Å². The molecule has 3 atom stereocenters. The van der Waals surface area contributed by atoms with E-state index in [9.17, 15) is 4.79 Å². The van der Waals surface area contributed by atoms with Gasteiger partial charge in [0.25, 0.3) is 0 Å². The summed E-state index contributed by atoms with van der Waals surface area (Å²) in [4.78, 5) is 14.1. The van der Waals surface area contributed by atoms with Crippen molar-refractivity contribution in [3.63, 3.8) is 0 Å². The van der Waals surface area contributed by atoms with E-state index in [0.29, 0.717) is 11.8 Å². The van der Waals surface area contributed by atoms with Crippen LogP contribution in [0.1, 0.15) is 23.5 Å². The number of carbonyl (C=O) groups is 1. The summed E-state index contributed by atoms with van der Waals surface area (Å²) in [5.74, 6) is 0.679. The molecule has 2 heterocycles. The molecule has 0 N–H and O–H groups in total. The predicted molar refractivity (Wildman–Crippen MR) is 94.6 cm³/mol. The van der Waals surface area contributed by atoms with Gasteiger partial charge < -0.3 is 9.64 Å². The molecule has 3 nitrogen and oxygen atoms in total. The molecule has 2 bridgehead atoms. The first-order valence-electron chi connectivity index (χ1n) is 8.44. The average Bonchev–Trinajstić information content (AvgIpc) is 2.68. The van der Waals surface area contributed by atoms with E-state index >= 15 is 0 Å². The summed E-state index contributed by atoms with van der Waals surface area (Å²) in [7, 11) is 1.46. The SMILES string of the molecule is COC(=O)N1C[C@H]2C[C@@H](c3ccccc3)[C@@H]1C=C2c1ccccc1. The number of ether oxygens (including phenoxy) is 1. The Kier molecular flexibility index (Phi) is 3.85. The van der Waals surface area contributed by atoms with Gasteiger partial charge in [-0.05, 0) is 23.1 Å². The van der Waals surface area contributed by atoms with E-state index in [4.69, 9.17) is 4.74 Å². The first kappa shape index (κ1) is 15.0. The van der Waals surface area contributed by atoms with Crippen LogP contribution in [0.5, 0.6) is 0 Å². The highest BCUT2D eigenvalue weighted by atomic mass is 16.5. The minimum atomic E-state index is -0.228. The summed E-state index contributed by atoms with van der Waals surface area (Å²) >= 11 is 0. The third-order valence-corrected chi connectivity index (χ3v) is 5.26. The zero-order chi connectivity index (χ0) is 16.5. The van der Waals surface area contributed by atoms with Crippen LogP contribution in [0, 0.1) is 5.92 Å². The smallest absolute Gasteiger partial charge is 0.410 e. The molecule has 0 radical (unpaired) electrons. The highest BCUT2D eigenvalue weighted by Crippen LogP contribution is 2.47. The van der Waals surface area contributed by atoms with Gasteiger partial charge in [-0.25, -0.2) is 4.79 Å². The lowest BCUT2D eigenvalue weighted by atomic mass is 9.69. The summed E-state index contributed by atoms with van der Waals surface area (Å²) in [6, 6.07) is 21.1. The molecular weight excluding hydrogens is 298 g/mol. The average molecular weight is 319 g/mol. The predicted octanol–water partition coefficient (Wildman–Crippen LogP) is 4.32. The molecule has 2 aliphatic heterocycles. The molecule has 5 rings (SSSR count). The highest BCUT2D eigenvalue weighted by Gasteiger charge is 2.44. The van der Waals surface area contributed by atoms with Crippen molar-refractivity contribution in [3.05, 3.63) is 77.9 Å². The molecule has 24 heavy (non-hydrogen) atoms. The fourth-order valence-electron chi connectivity index (χ4n) is 4.16. The van der Waals surface area contributed by atoms with Crippen molar-refractivity contribution in [2.45, 2.75) is 18.4 Å². The topological polar surface area (TPSA) is 29.5 Å². The first-order chi connectivity index (χ1) is 11.8. The van der Waals surface area contributed by atoms with Crippen molar-refractivity contribution >= 4 is 11.7 Å². The summed E-state index contributed by atoms with van der Waals surface area (Å²) in [5, 5.41) is 0. The fourth-order valence-corrected chi connectivity index (χ4v) is 4.16. The molecule has 1 saturated heterocycles. The summed E-state index contributed by atoms with van der Waals surface area (Å²) in [6.07, 6.45) is 3.12. The minimum Gasteiger partial charge on any atom is -0.453 e. The maximum Gasteiger partial charge on any atom is 0.410 e. The Balaban J connectivity index is 1.74. The summed E-state index contributed by atoms with van der Waals surface area (Å²) in [5.41, 5.74) is 3.93. The zero-order valence-electron chi connectivity index (χ0n) is 13.8. The van der Waals surface area contributed by atoms with Crippen LogP contribution in [0.4, 0.5) is 4.79 Å². The Morgan fingerprint density at radius 1 is 1.04 bits per heavy atom. The molecule has 3 aliphatic rings. The monoisotopic (exact) mass is 319 g/mol. The molecule has 0 spiro atoms. The van der Waals surface area contributed by atoms with Crippen molar-refractivity contribution in [3.8, 4) is 0 Å². The van der Waals surface area contributed by atoms with Crippen LogP contribution in [-0.2, 0) is 4.74 Å². The van der Waals surface area contributed by atoms with E-state index in [1.165, 1.54) is 23.8 Å². The number of amides is 1. The number of benzene rings is 2. The Morgan fingerprint density at radius 2 is 1.71 bits per heavy atom. The number of hydrogen-bond acceptors (Lipinski definition) is 2. The molecule has 2 aromatic carbocycles. The lowest BCUT2D eigenvalue weighted by Gasteiger charge is -2.48. The standard InChI is InChI=1S/C21H21NO2/c1-24-21(23)22-14-17-12-19(16-10-6-3-7-11-16)20(22)13-18(17)15-8-4-2-5-9-15/h2-11,13,17,19-20H,12,14H2,1H3/t17-,19+,20+/m1/s1. The number of hydrogen-bond donors (Lipinski definition) is 0. The normalized spacial score (nSPS) is 25.3. The van der Waals surface area contributed by atoms with Crippen LogP contribution in [0.25, 0.3) is 5.57 Å². The Morgan fingerprint density at radius 3 is 2.33 bits per heavy atom. The number of methoxy groups -OCH3 is 1. The molecule has 0 aromatic heterocycles. The minimum absolute atomic E-state index is 0.0556. The van der Waals surface area contributed by atoms with E-state index in [1.54, 1.807) is 0 Å². The summed E-state index contributed by atoms with van der Waals surface area (Å²) in [6.45, 7) is 0.738. The van der Waals surface area contributed by atoms with E-state index in [0.717, 1.165) is 13.0 Å². The van der Waals surface area contributed by atoms with Gasteiger partial charge in [-0.1, -0.05) is 66.7 Å². The first-order valence-corrected chi connectivity index (χ1v) is 8.44. The molecule has 0 saturated carbocycles. The Bertz CT molecular complexity index is 754. The lowest BCUT2D eigenvalue weighted by Crippen LogP contribution is -2.53. The number of nitrogens with zero attached hydrogens (tertiary/aromatic N) is 1. The molecule has 0 unspecified atom stereocenters. The second kappa shape index (κ2) is 6.16. The van der Waals surface area contributed by atoms with Crippen LogP contribution in [-0.4, -0.2) is 30.7 Å². The zero-order valence-corrected chi connectivity index (χ0v) is 13.8.